The number of nitrogens with zero attached hydrogens (tertiary/aromatic N) is 2. The van der Waals surface area contributed by atoms with Crippen LogP contribution in [0, 0.1) is 5.92 Å². The Bertz CT molecular complexity index is 1010. The second-order valence-electron chi connectivity index (χ2n) is 8.25. The molecule has 2 heterocycles. The molecule has 3 atom stereocenters. The fourth-order valence-corrected chi connectivity index (χ4v) is 4.51. The highest BCUT2D eigenvalue weighted by Crippen LogP contribution is 2.46. The highest BCUT2D eigenvalue weighted by molar-refractivity contribution is 6.09. The molecule has 0 amide bonds. The first-order chi connectivity index (χ1) is 14.5. The van der Waals surface area contributed by atoms with Crippen molar-refractivity contribution in [1.29, 1.82) is 0 Å². The third-order valence-electron chi connectivity index (χ3n) is 5.77. The second kappa shape index (κ2) is 8.34. The van der Waals surface area contributed by atoms with Gasteiger partial charge in [0.15, 0.2) is 5.78 Å². The number of allylic oxidation sites excluding steroid dienone is 2. The molecule has 1 aromatic carbocycles. The summed E-state index contributed by atoms with van der Waals surface area (Å²) in [6.07, 6.45) is 2.54. The van der Waals surface area contributed by atoms with Gasteiger partial charge in [-0.3, -0.25) is 19.6 Å². The van der Waals surface area contributed by atoms with Crippen LogP contribution < -0.4 is 0 Å². The van der Waals surface area contributed by atoms with Crippen LogP contribution >= 0.6 is 0 Å². The fraction of sp³-hybridized carbons (Fsp3) is 0.360. The van der Waals surface area contributed by atoms with Gasteiger partial charge < -0.3 is 4.74 Å². The lowest BCUT2D eigenvalue weighted by molar-refractivity contribution is -0.150. The lowest BCUT2D eigenvalue weighted by Gasteiger charge is -2.36. The van der Waals surface area contributed by atoms with Gasteiger partial charge >= 0.3 is 5.97 Å². The van der Waals surface area contributed by atoms with Gasteiger partial charge in [-0.15, -0.1) is 0 Å². The van der Waals surface area contributed by atoms with Crippen LogP contribution in [0.5, 0.6) is 0 Å². The zero-order valence-corrected chi connectivity index (χ0v) is 17.5. The zero-order valence-electron chi connectivity index (χ0n) is 17.5. The maximum atomic E-state index is 13.4. The molecule has 5 nitrogen and oxygen atoms in total. The summed E-state index contributed by atoms with van der Waals surface area (Å²) in [5.74, 6) is -1.32. The number of benzene rings is 1. The Labute approximate surface area is 176 Å². The van der Waals surface area contributed by atoms with Crippen LogP contribution in [-0.4, -0.2) is 28.6 Å². The number of Topliss-reactive ketones (excluding diaryl/α,β-unsaturated/α-hetero) is 1. The van der Waals surface area contributed by atoms with Crippen molar-refractivity contribution in [2.24, 2.45) is 10.9 Å². The van der Waals surface area contributed by atoms with Crippen LogP contribution in [0.1, 0.15) is 56.7 Å². The van der Waals surface area contributed by atoms with Gasteiger partial charge in [0.05, 0.1) is 12.0 Å². The molecule has 1 aromatic heterocycles. The number of carbonyl (C=O) groups is 2. The average molecular weight is 402 g/mol. The Morgan fingerprint density at radius 1 is 1.07 bits per heavy atom. The van der Waals surface area contributed by atoms with E-state index in [1.807, 2.05) is 57.2 Å². The zero-order chi connectivity index (χ0) is 21.3. The van der Waals surface area contributed by atoms with E-state index in [-0.39, 0.29) is 23.8 Å². The standard InChI is InChI=1S/C25H26N2O3/c1-15(2)30-25(29)22-16(3)27-20-13-18(17-9-5-4-6-10-17)14-21(28)23(20)24(22)19-11-7-8-12-26-19/h4-12,15,18,22,24H,13-14H2,1-3H3/t18-,22?,24-/m1/s1. The molecule has 30 heavy (non-hydrogen) atoms. The Morgan fingerprint density at radius 3 is 2.47 bits per heavy atom. The minimum atomic E-state index is -0.640. The summed E-state index contributed by atoms with van der Waals surface area (Å²) in [5.41, 5.74) is 3.92. The highest BCUT2D eigenvalue weighted by Gasteiger charge is 2.45. The van der Waals surface area contributed by atoms with Gasteiger partial charge in [0, 0.05) is 35.3 Å². The number of hydrogen-bond acceptors (Lipinski definition) is 5. The summed E-state index contributed by atoms with van der Waals surface area (Å²) < 4.78 is 5.54. The lowest BCUT2D eigenvalue weighted by Crippen LogP contribution is -2.39. The van der Waals surface area contributed by atoms with Gasteiger partial charge in [0.2, 0.25) is 0 Å². The molecule has 1 aliphatic heterocycles. The smallest absolute Gasteiger partial charge is 0.315 e. The topological polar surface area (TPSA) is 68.6 Å². The van der Waals surface area contributed by atoms with E-state index in [1.54, 1.807) is 6.20 Å². The van der Waals surface area contributed by atoms with E-state index in [9.17, 15) is 9.59 Å². The van der Waals surface area contributed by atoms with Gasteiger partial charge in [0.25, 0.3) is 0 Å². The van der Waals surface area contributed by atoms with Gasteiger partial charge in [-0.05, 0) is 50.8 Å². The van der Waals surface area contributed by atoms with E-state index < -0.39 is 11.8 Å². The van der Waals surface area contributed by atoms with Crippen molar-refractivity contribution in [3.63, 3.8) is 0 Å². The number of esters is 1. The molecule has 2 aromatic rings. The Balaban J connectivity index is 1.78. The highest BCUT2D eigenvalue weighted by atomic mass is 16.5. The van der Waals surface area contributed by atoms with E-state index in [4.69, 9.17) is 9.73 Å². The molecule has 0 fully saturated rings. The number of pyridine rings is 1. The second-order valence-corrected chi connectivity index (χ2v) is 8.25. The van der Waals surface area contributed by atoms with Gasteiger partial charge in [-0.25, -0.2) is 0 Å². The third-order valence-corrected chi connectivity index (χ3v) is 5.77. The number of carbonyl (C=O) groups excluding carboxylic acids is 2. The third kappa shape index (κ3) is 3.84. The molecule has 5 heteroatoms. The molecule has 0 saturated heterocycles. The van der Waals surface area contributed by atoms with Crippen molar-refractivity contribution in [1.82, 2.24) is 4.98 Å². The lowest BCUT2D eigenvalue weighted by atomic mass is 9.70. The Kier molecular flexibility index (Phi) is 5.62. The molecule has 0 saturated carbocycles. The van der Waals surface area contributed by atoms with E-state index in [0.29, 0.717) is 29.8 Å². The van der Waals surface area contributed by atoms with E-state index >= 15 is 0 Å². The Hall–Kier alpha value is -3.08. The summed E-state index contributed by atoms with van der Waals surface area (Å²) in [6.45, 7) is 5.50. The van der Waals surface area contributed by atoms with E-state index in [0.717, 1.165) is 11.3 Å². The summed E-state index contributed by atoms with van der Waals surface area (Å²) in [6, 6.07) is 15.7. The molecule has 154 valence electrons. The molecule has 4 rings (SSSR count). The monoisotopic (exact) mass is 402 g/mol. The first-order valence-electron chi connectivity index (χ1n) is 10.4. The number of ketones is 1. The summed E-state index contributed by atoms with van der Waals surface area (Å²) in [4.78, 5) is 35.7. The predicted molar refractivity (Wildman–Crippen MR) is 115 cm³/mol. The number of hydrogen-bond donors (Lipinski definition) is 0. The van der Waals surface area contributed by atoms with Gasteiger partial charge in [0.1, 0.15) is 5.92 Å². The van der Waals surface area contributed by atoms with E-state index in [1.165, 1.54) is 0 Å². The molecular weight excluding hydrogens is 376 g/mol. The van der Waals surface area contributed by atoms with Crippen LogP contribution in [0.25, 0.3) is 0 Å². The number of rotatable bonds is 4. The van der Waals surface area contributed by atoms with Crippen molar-refractivity contribution >= 4 is 17.5 Å². The molecular formula is C25H26N2O3. The molecule has 0 spiro atoms. The number of aromatic nitrogens is 1. The Morgan fingerprint density at radius 2 is 1.80 bits per heavy atom. The molecule has 0 N–H and O–H groups in total. The molecule has 1 aliphatic carbocycles. The average Bonchev–Trinajstić information content (AvgIpc) is 2.73. The van der Waals surface area contributed by atoms with Crippen LogP contribution in [0.4, 0.5) is 0 Å². The SMILES string of the molecule is CC1=NC2=C(C(=O)C[C@H](c3ccccc3)C2)[C@H](c2ccccn2)C1C(=O)OC(C)C. The summed E-state index contributed by atoms with van der Waals surface area (Å²) in [5, 5.41) is 0. The number of aliphatic imine (C=N–C) groups is 1. The first-order valence-corrected chi connectivity index (χ1v) is 10.4. The number of ether oxygens (including phenoxy) is 1. The quantitative estimate of drug-likeness (QED) is 0.701. The van der Waals surface area contributed by atoms with Gasteiger partial charge in [-0.2, -0.15) is 0 Å². The molecule has 1 unspecified atom stereocenters. The van der Waals surface area contributed by atoms with Crippen LogP contribution in [0.15, 0.2) is 71.0 Å². The normalized spacial score (nSPS) is 23.8. The van der Waals surface area contributed by atoms with Crippen molar-refractivity contribution in [2.75, 3.05) is 0 Å². The first kappa shape index (κ1) is 20.2. The van der Waals surface area contributed by atoms with Crippen LogP contribution in [0.3, 0.4) is 0 Å². The summed E-state index contributed by atoms with van der Waals surface area (Å²) >= 11 is 0. The van der Waals surface area contributed by atoms with Crippen LogP contribution in [-0.2, 0) is 14.3 Å². The predicted octanol–water partition coefficient (Wildman–Crippen LogP) is 4.61. The fourth-order valence-electron chi connectivity index (χ4n) is 4.51. The molecule has 0 radical (unpaired) electrons. The summed E-state index contributed by atoms with van der Waals surface area (Å²) in [7, 11) is 0. The van der Waals surface area contributed by atoms with Crippen molar-refractivity contribution < 1.29 is 14.3 Å². The van der Waals surface area contributed by atoms with Crippen molar-refractivity contribution in [3.05, 3.63) is 77.3 Å². The maximum Gasteiger partial charge on any atom is 0.315 e. The maximum absolute atomic E-state index is 13.4. The minimum absolute atomic E-state index is 0.0411. The molecule has 2 aliphatic rings. The van der Waals surface area contributed by atoms with Gasteiger partial charge in [-0.1, -0.05) is 36.4 Å². The van der Waals surface area contributed by atoms with Crippen molar-refractivity contribution in [3.8, 4) is 0 Å². The van der Waals surface area contributed by atoms with Crippen LogP contribution in [0.2, 0.25) is 0 Å². The molecule has 0 bridgehead atoms. The van der Waals surface area contributed by atoms with Crippen molar-refractivity contribution in [2.45, 2.75) is 51.6 Å². The van der Waals surface area contributed by atoms with E-state index in [2.05, 4.69) is 17.1 Å². The minimum Gasteiger partial charge on any atom is -0.462 e. The largest absolute Gasteiger partial charge is 0.462 e.